The molecule has 0 radical (unpaired) electrons. The Hall–Kier alpha value is -2.93. The zero-order valence-electron chi connectivity index (χ0n) is 12.3. The van der Waals surface area contributed by atoms with Crippen LogP contribution in [0.25, 0.3) is 0 Å². The smallest absolute Gasteiger partial charge is 0.408 e. The van der Waals surface area contributed by atoms with Gasteiger partial charge in [-0.1, -0.05) is 48.2 Å². The van der Waals surface area contributed by atoms with Crippen molar-refractivity contribution in [3.05, 3.63) is 65.2 Å². The fourth-order valence-electron chi connectivity index (χ4n) is 1.77. The highest BCUT2D eigenvalue weighted by Crippen LogP contribution is 2.14. The minimum absolute atomic E-state index is 0.171. The Bertz CT molecular complexity index is 699. The number of phenolic OH excluding ortho intramolecular Hbond substituents is 1. The normalized spacial score (nSPS) is 9.50. The van der Waals surface area contributed by atoms with Crippen LogP contribution < -0.4 is 5.32 Å². The average Bonchev–Trinajstić information content (AvgIpc) is 2.53. The number of carbonyl (C=O) groups is 1. The third kappa shape index (κ3) is 4.88. The fraction of sp³-hybridized carbons (Fsp3) is 0.167. The quantitative estimate of drug-likeness (QED) is 0.856. The molecule has 22 heavy (non-hydrogen) atoms. The molecule has 0 aliphatic heterocycles. The molecule has 0 aromatic heterocycles. The first-order valence-corrected chi connectivity index (χ1v) is 6.88. The predicted octanol–water partition coefficient (Wildman–Crippen LogP) is 2.98. The van der Waals surface area contributed by atoms with Gasteiger partial charge < -0.3 is 15.2 Å². The monoisotopic (exact) mass is 295 g/mol. The number of amides is 1. The highest BCUT2D eigenvalue weighted by Gasteiger charge is 2.00. The van der Waals surface area contributed by atoms with E-state index in [0.717, 1.165) is 16.7 Å². The van der Waals surface area contributed by atoms with Crippen molar-refractivity contribution >= 4 is 6.09 Å². The van der Waals surface area contributed by atoms with E-state index in [1.807, 2.05) is 37.3 Å². The van der Waals surface area contributed by atoms with Crippen molar-refractivity contribution in [1.82, 2.24) is 5.32 Å². The summed E-state index contributed by atoms with van der Waals surface area (Å²) in [5.41, 5.74) is 2.63. The van der Waals surface area contributed by atoms with Crippen LogP contribution in [0.3, 0.4) is 0 Å². The van der Waals surface area contributed by atoms with Gasteiger partial charge in [0.1, 0.15) is 12.4 Å². The Morgan fingerprint density at radius 1 is 1.23 bits per heavy atom. The number of carbonyl (C=O) groups excluding carboxylic acids is 1. The maximum absolute atomic E-state index is 11.5. The predicted molar refractivity (Wildman–Crippen MR) is 84.4 cm³/mol. The maximum atomic E-state index is 11.5. The molecular weight excluding hydrogens is 278 g/mol. The molecule has 0 atom stereocenters. The van der Waals surface area contributed by atoms with E-state index < -0.39 is 6.09 Å². The molecule has 0 spiro atoms. The molecule has 0 saturated heterocycles. The number of hydrogen-bond donors (Lipinski definition) is 2. The van der Waals surface area contributed by atoms with Crippen LogP contribution in [0.1, 0.15) is 16.7 Å². The molecule has 0 aliphatic rings. The Morgan fingerprint density at radius 3 is 2.77 bits per heavy atom. The lowest BCUT2D eigenvalue weighted by Gasteiger charge is -2.04. The third-order valence-corrected chi connectivity index (χ3v) is 2.98. The molecule has 2 aromatic rings. The van der Waals surface area contributed by atoms with Crippen molar-refractivity contribution < 1.29 is 14.6 Å². The van der Waals surface area contributed by atoms with Gasteiger partial charge in [-0.25, -0.2) is 4.79 Å². The Kier molecular flexibility index (Phi) is 5.44. The topological polar surface area (TPSA) is 58.6 Å². The summed E-state index contributed by atoms with van der Waals surface area (Å²) in [5.74, 6) is 5.90. The number of benzene rings is 2. The SMILES string of the molecule is Cc1ccc(O)cc1C#CCNC(=O)OCc1ccccc1. The maximum Gasteiger partial charge on any atom is 0.408 e. The lowest BCUT2D eigenvalue weighted by atomic mass is 10.1. The summed E-state index contributed by atoms with van der Waals surface area (Å²) in [4.78, 5) is 11.5. The van der Waals surface area contributed by atoms with Gasteiger partial charge in [-0.05, 0) is 30.2 Å². The molecule has 2 aromatic carbocycles. The van der Waals surface area contributed by atoms with Gasteiger partial charge in [0, 0.05) is 5.56 Å². The molecule has 2 N–H and O–H groups in total. The number of rotatable bonds is 3. The van der Waals surface area contributed by atoms with Gasteiger partial charge in [-0.3, -0.25) is 0 Å². The van der Waals surface area contributed by atoms with Crippen molar-refractivity contribution in [2.45, 2.75) is 13.5 Å². The number of alkyl carbamates (subject to hydrolysis) is 1. The second kappa shape index (κ2) is 7.75. The van der Waals surface area contributed by atoms with E-state index in [4.69, 9.17) is 4.74 Å². The average molecular weight is 295 g/mol. The molecule has 0 aliphatic carbocycles. The second-order valence-electron chi connectivity index (χ2n) is 4.72. The van der Waals surface area contributed by atoms with Crippen molar-refractivity contribution in [3.8, 4) is 17.6 Å². The number of aromatic hydroxyl groups is 1. The molecule has 0 heterocycles. The molecule has 0 bridgehead atoms. The molecule has 0 unspecified atom stereocenters. The van der Waals surface area contributed by atoms with Gasteiger partial charge in [0.05, 0.1) is 6.54 Å². The molecule has 1 amide bonds. The van der Waals surface area contributed by atoms with E-state index in [1.54, 1.807) is 18.2 Å². The highest BCUT2D eigenvalue weighted by molar-refractivity contribution is 5.67. The molecule has 2 rings (SSSR count). The van der Waals surface area contributed by atoms with Gasteiger partial charge in [0.2, 0.25) is 0 Å². The van der Waals surface area contributed by atoms with E-state index in [0.29, 0.717) is 0 Å². The van der Waals surface area contributed by atoms with Gasteiger partial charge in [-0.15, -0.1) is 0 Å². The zero-order valence-corrected chi connectivity index (χ0v) is 12.3. The Morgan fingerprint density at radius 2 is 2.00 bits per heavy atom. The number of hydrogen-bond acceptors (Lipinski definition) is 3. The van der Waals surface area contributed by atoms with Crippen LogP contribution in [-0.4, -0.2) is 17.7 Å². The first-order chi connectivity index (χ1) is 10.6. The zero-order chi connectivity index (χ0) is 15.8. The molecular formula is C18H17NO3. The van der Waals surface area contributed by atoms with Gasteiger partial charge in [0.15, 0.2) is 0 Å². The minimum Gasteiger partial charge on any atom is -0.508 e. The summed E-state index contributed by atoms with van der Waals surface area (Å²) in [7, 11) is 0. The molecule has 112 valence electrons. The second-order valence-corrected chi connectivity index (χ2v) is 4.72. The lowest BCUT2D eigenvalue weighted by Crippen LogP contribution is -2.24. The minimum atomic E-state index is -0.509. The largest absolute Gasteiger partial charge is 0.508 e. The lowest BCUT2D eigenvalue weighted by molar-refractivity contribution is 0.141. The van der Waals surface area contributed by atoms with E-state index >= 15 is 0 Å². The van der Waals surface area contributed by atoms with Gasteiger partial charge in [0.25, 0.3) is 0 Å². The van der Waals surface area contributed by atoms with E-state index in [1.165, 1.54) is 0 Å². The van der Waals surface area contributed by atoms with Gasteiger partial charge >= 0.3 is 6.09 Å². The molecule has 4 heteroatoms. The summed E-state index contributed by atoms with van der Waals surface area (Å²) in [6.07, 6.45) is -0.509. The fourth-order valence-corrected chi connectivity index (χ4v) is 1.77. The van der Waals surface area contributed by atoms with Crippen molar-refractivity contribution in [1.29, 1.82) is 0 Å². The van der Waals surface area contributed by atoms with Crippen molar-refractivity contribution in [2.24, 2.45) is 0 Å². The highest BCUT2D eigenvalue weighted by atomic mass is 16.5. The molecule has 0 saturated carbocycles. The summed E-state index contributed by atoms with van der Waals surface area (Å²) in [5, 5.41) is 12.0. The van der Waals surface area contributed by atoms with E-state index in [-0.39, 0.29) is 18.9 Å². The van der Waals surface area contributed by atoms with E-state index in [2.05, 4.69) is 17.2 Å². The van der Waals surface area contributed by atoms with Crippen LogP contribution >= 0.6 is 0 Å². The number of phenols is 1. The van der Waals surface area contributed by atoms with Crippen LogP contribution in [-0.2, 0) is 11.3 Å². The summed E-state index contributed by atoms with van der Waals surface area (Å²) >= 11 is 0. The number of nitrogens with one attached hydrogen (secondary N) is 1. The standard InChI is InChI=1S/C18H17NO3/c1-14-9-10-17(20)12-16(14)8-5-11-19-18(21)22-13-15-6-3-2-4-7-15/h2-4,6-7,9-10,12,20H,11,13H2,1H3,(H,19,21). The van der Waals surface area contributed by atoms with Crippen molar-refractivity contribution in [2.75, 3.05) is 6.54 Å². The van der Waals surface area contributed by atoms with Crippen LogP contribution in [0.4, 0.5) is 4.79 Å². The van der Waals surface area contributed by atoms with Crippen LogP contribution in [0.2, 0.25) is 0 Å². The first-order valence-electron chi connectivity index (χ1n) is 6.88. The van der Waals surface area contributed by atoms with Crippen molar-refractivity contribution in [3.63, 3.8) is 0 Å². The van der Waals surface area contributed by atoms with Crippen LogP contribution in [0.15, 0.2) is 48.5 Å². The summed E-state index contributed by atoms with van der Waals surface area (Å²) in [6, 6.07) is 14.5. The molecule has 4 nitrogen and oxygen atoms in total. The number of ether oxygens (including phenoxy) is 1. The molecule has 0 fully saturated rings. The first kappa shape index (κ1) is 15.5. The van der Waals surface area contributed by atoms with Crippen LogP contribution in [0.5, 0.6) is 5.75 Å². The van der Waals surface area contributed by atoms with Crippen LogP contribution in [0, 0.1) is 18.8 Å². The Labute approximate surface area is 129 Å². The van der Waals surface area contributed by atoms with E-state index in [9.17, 15) is 9.90 Å². The third-order valence-electron chi connectivity index (χ3n) is 2.98. The number of aryl methyl sites for hydroxylation is 1. The Balaban J connectivity index is 1.78. The van der Waals surface area contributed by atoms with Gasteiger partial charge in [-0.2, -0.15) is 0 Å². The summed E-state index contributed by atoms with van der Waals surface area (Å²) in [6.45, 7) is 2.32. The summed E-state index contributed by atoms with van der Waals surface area (Å²) < 4.78 is 5.07.